The second-order valence-corrected chi connectivity index (χ2v) is 5.80. The Balaban J connectivity index is 1.86. The summed E-state index contributed by atoms with van der Waals surface area (Å²) < 4.78 is 13.7. The maximum Gasteiger partial charge on any atom is 0.163 e. The number of nitrogens with zero attached hydrogens (tertiary/aromatic N) is 4. The first-order valence-corrected chi connectivity index (χ1v) is 7.54. The summed E-state index contributed by atoms with van der Waals surface area (Å²) in [6, 6.07) is 3.65. The average molecular weight is 352 g/mol. The van der Waals surface area contributed by atoms with E-state index in [0.29, 0.717) is 12.4 Å². The van der Waals surface area contributed by atoms with Crippen LogP contribution >= 0.6 is 15.9 Å². The lowest BCUT2D eigenvalue weighted by atomic mass is 10.2. The lowest BCUT2D eigenvalue weighted by molar-refractivity contribution is 0.352. The molecule has 2 aromatic rings. The molecule has 21 heavy (non-hydrogen) atoms. The van der Waals surface area contributed by atoms with E-state index >= 15 is 0 Å². The van der Waals surface area contributed by atoms with Gasteiger partial charge in [0.2, 0.25) is 0 Å². The van der Waals surface area contributed by atoms with Crippen LogP contribution in [0.25, 0.3) is 11.4 Å². The smallest absolute Gasteiger partial charge is 0.163 e. The van der Waals surface area contributed by atoms with Crippen molar-refractivity contribution < 1.29 is 4.39 Å². The zero-order valence-electron chi connectivity index (χ0n) is 11.3. The average Bonchev–Trinajstić information content (AvgIpc) is 2.55. The van der Waals surface area contributed by atoms with Gasteiger partial charge in [-0.1, -0.05) is 0 Å². The van der Waals surface area contributed by atoms with Crippen molar-refractivity contribution in [3.63, 3.8) is 0 Å². The van der Waals surface area contributed by atoms with Crippen LogP contribution in [0, 0.1) is 0 Å². The van der Waals surface area contributed by atoms with Gasteiger partial charge in [-0.15, -0.1) is 0 Å². The maximum absolute atomic E-state index is 12.8. The molecule has 1 saturated heterocycles. The van der Waals surface area contributed by atoms with Crippen LogP contribution in [-0.4, -0.2) is 47.3 Å². The van der Waals surface area contributed by atoms with Crippen LogP contribution in [0.1, 0.15) is 0 Å². The van der Waals surface area contributed by atoms with E-state index in [4.69, 9.17) is 0 Å². The van der Waals surface area contributed by atoms with Crippen LogP contribution < -0.4 is 10.2 Å². The Morgan fingerprint density at radius 3 is 3.14 bits per heavy atom. The SMILES string of the molecule is FCC1CN(c2ccnc(-c3cncc(Br)c3)n2)CCN1. The highest BCUT2D eigenvalue weighted by atomic mass is 79.9. The Hall–Kier alpha value is -1.60. The third kappa shape index (κ3) is 3.36. The summed E-state index contributed by atoms with van der Waals surface area (Å²) in [6.45, 7) is 1.81. The molecule has 0 aromatic carbocycles. The molecule has 0 bridgehead atoms. The lowest BCUT2D eigenvalue weighted by Gasteiger charge is -2.33. The van der Waals surface area contributed by atoms with E-state index in [1.54, 1.807) is 18.6 Å². The summed E-state index contributed by atoms with van der Waals surface area (Å²) in [7, 11) is 0. The van der Waals surface area contributed by atoms with Gasteiger partial charge in [-0.3, -0.25) is 4.98 Å². The molecule has 0 aliphatic carbocycles. The zero-order valence-corrected chi connectivity index (χ0v) is 12.9. The third-order valence-corrected chi connectivity index (χ3v) is 3.80. The molecule has 1 unspecified atom stereocenters. The van der Waals surface area contributed by atoms with Crippen molar-refractivity contribution in [2.75, 3.05) is 31.2 Å². The van der Waals surface area contributed by atoms with Gasteiger partial charge < -0.3 is 10.2 Å². The van der Waals surface area contributed by atoms with Gasteiger partial charge in [-0.25, -0.2) is 14.4 Å². The highest BCUT2D eigenvalue weighted by molar-refractivity contribution is 9.10. The highest BCUT2D eigenvalue weighted by Gasteiger charge is 2.20. The van der Waals surface area contributed by atoms with E-state index in [-0.39, 0.29) is 12.7 Å². The fraction of sp³-hybridized carbons (Fsp3) is 0.357. The predicted octanol–water partition coefficient (Wildman–Crippen LogP) is 2.05. The summed E-state index contributed by atoms with van der Waals surface area (Å²) >= 11 is 3.39. The summed E-state index contributed by atoms with van der Waals surface area (Å²) in [5.74, 6) is 1.44. The molecule has 1 atom stereocenters. The molecule has 1 aliphatic heterocycles. The lowest BCUT2D eigenvalue weighted by Crippen LogP contribution is -2.52. The largest absolute Gasteiger partial charge is 0.354 e. The first-order valence-electron chi connectivity index (χ1n) is 6.74. The minimum Gasteiger partial charge on any atom is -0.354 e. The fourth-order valence-corrected chi connectivity index (χ4v) is 2.70. The zero-order chi connectivity index (χ0) is 14.7. The summed E-state index contributed by atoms with van der Waals surface area (Å²) in [4.78, 5) is 15.1. The number of pyridine rings is 1. The van der Waals surface area contributed by atoms with Gasteiger partial charge in [0.1, 0.15) is 12.5 Å². The van der Waals surface area contributed by atoms with Crippen LogP contribution in [-0.2, 0) is 0 Å². The topological polar surface area (TPSA) is 53.9 Å². The van der Waals surface area contributed by atoms with E-state index in [9.17, 15) is 4.39 Å². The summed E-state index contributed by atoms with van der Waals surface area (Å²) in [5, 5.41) is 3.15. The third-order valence-electron chi connectivity index (χ3n) is 3.37. The first-order chi connectivity index (χ1) is 10.3. The molecule has 110 valence electrons. The molecule has 7 heteroatoms. The van der Waals surface area contributed by atoms with Crippen molar-refractivity contribution in [1.29, 1.82) is 0 Å². The maximum atomic E-state index is 12.8. The molecular weight excluding hydrogens is 337 g/mol. The number of alkyl halides is 1. The number of hydrogen-bond acceptors (Lipinski definition) is 5. The molecule has 1 N–H and O–H groups in total. The van der Waals surface area contributed by atoms with Gasteiger partial charge in [0.25, 0.3) is 0 Å². The van der Waals surface area contributed by atoms with Gasteiger partial charge in [0.15, 0.2) is 5.82 Å². The second-order valence-electron chi connectivity index (χ2n) is 4.88. The monoisotopic (exact) mass is 351 g/mol. The Morgan fingerprint density at radius 2 is 2.33 bits per heavy atom. The molecule has 0 amide bonds. The van der Waals surface area contributed by atoms with E-state index in [1.807, 2.05) is 12.1 Å². The molecule has 3 rings (SSSR count). The van der Waals surface area contributed by atoms with Gasteiger partial charge in [-0.05, 0) is 28.1 Å². The van der Waals surface area contributed by atoms with Crippen molar-refractivity contribution in [2.24, 2.45) is 0 Å². The Kier molecular flexibility index (Phi) is 4.40. The molecule has 3 heterocycles. The molecule has 0 radical (unpaired) electrons. The number of halogens is 2. The number of anilines is 1. The number of aromatic nitrogens is 3. The van der Waals surface area contributed by atoms with Crippen molar-refractivity contribution in [2.45, 2.75) is 6.04 Å². The highest BCUT2D eigenvalue weighted by Crippen LogP contribution is 2.21. The van der Waals surface area contributed by atoms with Gasteiger partial charge in [-0.2, -0.15) is 0 Å². The van der Waals surface area contributed by atoms with Crippen molar-refractivity contribution in [3.05, 3.63) is 35.2 Å². The van der Waals surface area contributed by atoms with Crippen LogP contribution in [0.3, 0.4) is 0 Å². The molecular formula is C14H15BrFN5. The normalized spacial score (nSPS) is 18.8. The van der Waals surface area contributed by atoms with E-state index < -0.39 is 0 Å². The van der Waals surface area contributed by atoms with Crippen molar-refractivity contribution >= 4 is 21.7 Å². The molecule has 1 aliphatic rings. The van der Waals surface area contributed by atoms with E-state index in [0.717, 1.165) is 28.9 Å². The quantitative estimate of drug-likeness (QED) is 0.917. The molecule has 0 spiro atoms. The Morgan fingerprint density at radius 1 is 1.43 bits per heavy atom. The first kappa shape index (κ1) is 14.3. The Labute approximate surface area is 130 Å². The summed E-state index contributed by atoms with van der Waals surface area (Å²) in [6.07, 6.45) is 5.17. The van der Waals surface area contributed by atoms with Crippen molar-refractivity contribution in [1.82, 2.24) is 20.3 Å². The van der Waals surface area contributed by atoms with Gasteiger partial charge >= 0.3 is 0 Å². The molecule has 0 saturated carbocycles. The van der Waals surface area contributed by atoms with Crippen LogP contribution in [0.4, 0.5) is 10.2 Å². The summed E-state index contributed by atoms with van der Waals surface area (Å²) in [5.41, 5.74) is 0.850. The standard InChI is InChI=1S/C14H15BrFN5/c15-11-5-10(7-17-8-11)14-19-2-1-13(20-14)21-4-3-18-12(6-16)9-21/h1-2,5,7-8,12,18H,3-4,6,9H2. The number of nitrogens with one attached hydrogen (secondary N) is 1. The van der Waals surface area contributed by atoms with E-state index in [2.05, 4.69) is 41.1 Å². The van der Waals surface area contributed by atoms with Gasteiger partial charge in [0, 0.05) is 48.3 Å². The van der Waals surface area contributed by atoms with Crippen molar-refractivity contribution in [3.8, 4) is 11.4 Å². The van der Waals surface area contributed by atoms with Crippen LogP contribution in [0.5, 0.6) is 0 Å². The number of piperazine rings is 1. The number of hydrogen-bond donors (Lipinski definition) is 1. The number of rotatable bonds is 3. The Bertz CT molecular complexity index is 624. The van der Waals surface area contributed by atoms with Crippen LogP contribution in [0.2, 0.25) is 0 Å². The van der Waals surface area contributed by atoms with E-state index in [1.165, 1.54) is 0 Å². The second kappa shape index (κ2) is 6.44. The predicted molar refractivity (Wildman–Crippen MR) is 82.9 cm³/mol. The minimum absolute atomic E-state index is 0.135. The molecule has 5 nitrogen and oxygen atoms in total. The van der Waals surface area contributed by atoms with Crippen LogP contribution in [0.15, 0.2) is 35.2 Å². The molecule has 1 fully saturated rings. The minimum atomic E-state index is -0.371. The fourth-order valence-electron chi connectivity index (χ4n) is 2.34. The van der Waals surface area contributed by atoms with Gasteiger partial charge in [0.05, 0.1) is 6.04 Å². The molecule has 2 aromatic heterocycles.